The molecular formula is C5H9N3. The molecule has 0 saturated carbocycles. The molecule has 0 fully saturated rings. The third-order valence-electron chi connectivity index (χ3n) is 0.921. The van der Waals surface area contributed by atoms with Crippen LogP contribution in [0.4, 0.5) is 0 Å². The van der Waals surface area contributed by atoms with Crippen LogP contribution in [0.15, 0.2) is 25.2 Å². The Morgan fingerprint density at radius 1 is 1.62 bits per heavy atom. The van der Waals surface area contributed by atoms with E-state index in [4.69, 9.17) is 0 Å². The highest BCUT2D eigenvalue weighted by molar-refractivity contribution is 4.88. The van der Waals surface area contributed by atoms with Crippen molar-refractivity contribution >= 4 is 0 Å². The van der Waals surface area contributed by atoms with E-state index in [0.717, 1.165) is 0 Å². The van der Waals surface area contributed by atoms with Crippen molar-refractivity contribution in [1.29, 1.82) is 0 Å². The second-order valence-corrected chi connectivity index (χ2v) is 1.60. The SMILES string of the molecule is C=CN1C=CN(C)N1. The van der Waals surface area contributed by atoms with Crippen molar-refractivity contribution in [3.63, 3.8) is 0 Å². The van der Waals surface area contributed by atoms with E-state index in [1.807, 2.05) is 24.5 Å². The van der Waals surface area contributed by atoms with Gasteiger partial charge < -0.3 is 0 Å². The fourth-order valence-corrected chi connectivity index (χ4v) is 0.522. The summed E-state index contributed by atoms with van der Waals surface area (Å²) in [5, 5.41) is 3.60. The predicted octanol–water partition coefficient (Wildman–Crippen LogP) is 0.268. The Labute approximate surface area is 48.8 Å². The molecule has 0 aromatic rings. The summed E-state index contributed by atoms with van der Waals surface area (Å²) in [6, 6.07) is 0. The first-order chi connectivity index (χ1) is 3.83. The summed E-state index contributed by atoms with van der Waals surface area (Å²) in [6.45, 7) is 3.56. The maximum Gasteiger partial charge on any atom is 0.0401 e. The van der Waals surface area contributed by atoms with Crippen LogP contribution in [0.25, 0.3) is 0 Å². The minimum absolute atomic E-state index is 1.69. The quantitative estimate of drug-likeness (QED) is 0.524. The van der Waals surface area contributed by atoms with E-state index in [1.54, 1.807) is 11.2 Å². The average molecular weight is 111 g/mol. The minimum atomic E-state index is 1.69. The molecule has 1 heterocycles. The third-order valence-corrected chi connectivity index (χ3v) is 0.921. The van der Waals surface area contributed by atoms with Gasteiger partial charge in [0.25, 0.3) is 0 Å². The van der Waals surface area contributed by atoms with Crippen molar-refractivity contribution in [1.82, 2.24) is 15.6 Å². The lowest BCUT2D eigenvalue weighted by molar-refractivity contribution is 0.213. The molecular weight excluding hydrogens is 102 g/mol. The van der Waals surface area contributed by atoms with Gasteiger partial charge in [0.15, 0.2) is 0 Å². The molecule has 44 valence electrons. The van der Waals surface area contributed by atoms with Crippen LogP contribution in [0.5, 0.6) is 0 Å². The molecule has 0 aliphatic carbocycles. The lowest BCUT2D eigenvalue weighted by atomic mass is 10.8. The van der Waals surface area contributed by atoms with Gasteiger partial charge in [-0.15, -0.1) is 5.53 Å². The molecule has 1 N–H and O–H groups in total. The van der Waals surface area contributed by atoms with Gasteiger partial charge >= 0.3 is 0 Å². The van der Waals surface area contributed by atoms with Gasteiger partial charge in [0.2, 0.25) is 0 Å². The molecule has 3 nitrogen and oxygen atoms in total. The zero-order valence-corrected chi connectivity index (χ0v) is 4.83. The van der Waals surface area contributed by atoms with E-state index in [0.29, 0.717) is 0 Å². The first-order valence-corrected chi connectivity index (χ1v) is 2.41. The van der Waals surface area contributed by atoms with E-state index >= 15 is 0 Å². The predicted molar refractivity (Wildman–Crippen MR) is 32.1 cm³/mol. The lowest BCUT2D eigenvalue weighted by Crippen LogP contribution is -2.32. The van der Waals surface area contributed by atoms with Gasteiger partial charge in [0.1, 0.15) is 0 Å². The normalized spacial score (nSPS) is 17.6. The molecule has 0 bridgehead atoms. The highest BCUT2D eigenvalue weighted by Crippen LogP contribution is 1.94. The number of rotatable bonds is 1. The number of hydrogen-bond donors (Lipinski definition) is 1. The highest BCUT2D eigenvalue weighted by atomic mass is 15.8. The van der Waals surface area contributed by atoms with Gasteiger partial charge in [0, 0.05) is 25.6 Å². The van der Waals surface area contributed by atoms with Gasteiger partial charge in [0.05, 0.1) is 0 Å². The van der Waals surface area contributed by atoms with Crippen LogP contribution in [0, 0.1) is 0 Å². The maximum atomic E-state index is 3.56. The third kappa shape index (κ3) is 0.816. The number of nitrogens with one attached hydrogen (secondary N) is 1. The molecule has 0 amide bonds. The van der Waals surface area contributed by atoms with Crippen molar-refractivity contribution in [2.45, 2.75) is 0 Å². The van der Waals surface area contributed by atoms with Crippen molar-refractivity contribution in [2.75, 3.05) is 7.05 Å². The van der Waals surface area contributed by atoms with Crippen LogP contribution in [0.3, 0.4) is 0 Å². The molecule has 0 saturated heterocycles. The minimum Gasteiger partial charge on any atom is -0.299 e. The van der Waals surface area contributed by atoms with Crippen molar-refractivity contribution in [2.24, 2.45) is 0 Å². The van der Waals surface area contributed by atoms with Gasteiger partial charge in [-0.05, 0) is 0 Å². The van der Waals surface area contributed by atoms with Gasteiger partial charge in [-0.25, -0.2) is 0 Å². The summed E-state index contributed by atoms with van der Waals surface area (Å²) in [5.41, 5.74) is 2.94. The van der Waals surface area contributed by atoms with Crippen molar-refractivity contribution in [3.8, 4) is 0 Å². The first kappa shape index (κ1) is 5.18. The maximum absolute atomic E-state index is 3.56. The number of hydrazine groups is 2. The highest BCUT2D eigenvalue weighted by Gasteiger charge is 2.00. The van der Waals surface area contributed by atoms with Crippen LogP contribution in [0.2, 0.25) is 0 Å². The fourth-order valence-electron chi connectivity index (χ4n) is 0.522. The Kier molecular flexibility index (Phi) is 1.22. The summed E-state index contributed by atoms with van der Waals surface area (Å²) in [5.74, 6) is 0. The first-order valence-electron chi connectivity index (χ1n) is 2.41. The summed E-state index contributed by atoms with van der Waals surface area (Å²) in [6.07, 6.45) is 5.48. The summed E-state index contributed by atoms with van der Waals surface area (Å²) < 4.78 is 0. The molecule has 0 aromatic carbocycles. The Hall–Kier alpha value is -0.960. The molecule has 1 aliphatic rings. The Morgan fingerprint density at radius 3 is 2.62 bits per heavy atom. The zero-order chi connectivity index (χ0) is 5.98. The average Bonchev–Trinajstić information content (AvgIpc) is 2.14. The van der Waals surface area contributed by atoms with E-state index in [-0.39, 0.29) is 0 Å². The Bertz CT molecular complexity index is 119. The number of nitrogens with zero attached hydrogens (tertiary/aromatic N) is 2. The molecule has 0 atom stereocenters. The van der Waals surface area contributed by atoms with Crippen LogP contribution in [-0.2, 0) is 0 Å². The Morgan fingerprint density at radius 2 is 2.38 bits per heavy atom. The number of hydrogen-bond acceptors (Lipinski definition) is 3. The molecule has 8 heavy (non-hydrogen) atoms. The van der Waals surface area contributed by atoms with Gasteiger partial charge in [-0.1, -0.05) is 6.58 Å². The van der Waals surface area contributed by atoms with E-state index in [9.17, 15) is 0 Å². The molecule has 0 aromatic heterocycles. The topological polar surface area (TPSA) is 18.5 Å². The standard InChI is InChI=1S/C5H9N3/c1-3-8-5-4-7(2)6-8/h3-6H,1H2,2H3. The molecule has 0 spiro atoms. The van der Waals surface area contributed by atoms with Crippen molar-refractivity contribution < 1.29 is 0 Å². The molecule has 1 rings (SSSR count). The van der Waals surface area contributed by atoms with E-state index in [2.05, 4.69) is 12.1 Å². The molecule has 1 aliphatic heterocycles. The van der Waals surface area contributed by atoms with Gasteiger partial charge in [-0.2, -0.15) is 0 Å². The van der Waals surface area contributed by atoms with Crippen LogP contribution >= 0.6 is 0 Å². The van der Waals surface area contributed by atoms with Crippen LogP contribution in [-0.4, -0.2) is 17.1 Å². The smallest absolute Gasteiger partial charge is 0.0401 e. The van der Waals surface area contributed by atoms with Crippen LogP contribution in [0.1, 0.15) is 0 Å². The second kappa shape index (κ2) is 1.88. The Balaban J connectivity index is 2.45. The molecule has 0 unspecified atom stereocenters. The summed E-state index contributed by atoms with van der Waals surface area (Å²) in [7, 11) is 1.92. The summed E-state index contributed by atoms with van der Waals surface area (Å²) in [4.78, 5) is 0. The molecule has 3 heteroatoms. The second-order valence-electron chi connectivity index (χ2n) is 1.60. The zero-order valence-electron chi connectivity index (χ0n) is 4.83. The largest absolute Gasteiger partial charge is 0.299 e. The molecule has 0 radical (unpaired) electrons. The van der Waals surface area contributed by atoms with Crippen LogP contribution < -0.4 is 5.53 Å². The van der Waals surface area contributed by atoms with E-state index in [1.165, 1.54) is 0 Å². The summed E-state index contributed by atoms with van der Waals surface area (Å²) >= 11 is 0. The van der Waals surface area contributed by atoms with E-state index < -0.39 is 0 Å². The monoisotopic (exact) mass is 111 g/mol. The lowest BCUT2D eigenvalue weighted by Gasteiger charge is -2.13. The van der Waals surface area contributed by atoms with Crippen molar-refractivity contribution in [3.05, 3.63) is 25.2 Å². The fraction of sp³-hybridized carbons (Fsp3) is 0.200. The van der Waals surface area contributed by atoms with Gasteiger partial charge in [-0.3, -0.25) is 10.0 Å².